The minimum Gasteiger partial charge on any atom is -0.391 e. The van der Waals surface area contributed by atoms with Gasteiger partial charge in [-0.05, 0) is 37.1 Å². The van der Waals surface area contributed by atoms with Gasteiger partial charge in [-0.25, -0.2) is 4.39 Å². The third-order valence-corrected chi connectivity index (χ3v) is 4.48. The Morgan fingerprint density at radius 3 is 2.63 bits per heavy atom. The van der Waals surface area contributed by atoms with Crippen LogP contribution in [-0.4, -0.2) is 30.2 Å². The topological polar surface area (TPSA) is 79.8 Å². The fourth-order valence-electron chi connectivity index (χ4n) is 2.24. The summed E-state index contributed by atoms with van der Waals surface area (Å²) in [5, 5.41) is 12.7. The minimum absolute atomic E-state index is 0.0363. The lowest BCUT2D eigenvalue weighted by Gasteiger charge is -2.09. The smallest absolute Gasteiger partial charge is 0.274 e. The molecule has 6 nitrogen and oxygen atoms in total. The fraction of sp³-hybridized carbons (Fsp3) is 0.211. The van der Waals surface area contributed by atoms with Gasteiger partial charge in [0, 0.05) is 28.1 Å². The molecular weight excluding hydrogens is 369 g/mol. The normalized spacial score (nSPS) is 13.7. The number of thiophene rings is 1. The second-order valence-electron chi connectivity index (χ2n) is 5.93. The van der Waals surface area contributed by atoms with E-state index < -0.39 is 17.6 Å². The Balaban J connectivity index is 1.82. The van der Waals surface area contributed by atoms with Crippen molar-refractivity contribution < 1.29 is 18.8 Å². The molecule has 0 aliphatic heterocycles. The molecule has 3 rings (SSSR count). The van der Waals surface area contributed by atoms with Crippen molar-refractivity contribution >= 4 is 34.6 Å². The SMILES string of the molecule is C=CCO/N=C(\C(=O)NC1CC1)c1cscc1C(=O)Nc1ccc(F)cc1. The number of benzene rings is 1. The number of rotatable bonds is 8. The molecule has 1 aromatic carbocycles. The zero-order valence-electron chi connectivity index (χ0n) is 14.4. The first-order valence-corrected chi connectivity index (χ1v) is 9.28. The van der Waals surface area contributed by atoms with Crippen LogP contribution in [0.2, 0.25) is 0 Å². The zero-order valence-corrected chi connectivity index (χ0v) is 15.2. The van der Waals surface area contributed by atoms with Crippen molar-refractivity contribution in [3.63, 3.8) is 0 Å². The van der Waals surface area contributed by atoms with E-state index in [1.54, 1.807) is 10.8 Å². The van der Waals surface area contributed by atoms with E-state index in [1.807, 2.05) is 0 Å². The van der Waals surface area contributed by atoms with Crippen molar-refractivity contribution in [1.29, 1.82) is 0 Å². The van der Waals surface area contributed by atoms with Crippen LogP contribution < -0.4 is 10.6 Å². The summed E-state index contributed by atoms with van der Waals surface area (Å²) in [5.74, 6) is -1.21. The molecule has 1 aromatic heterocycles. The van der Waals surface area contributed by atoms with Gasteiger partial charge in [0.25, 0.3) is 11.8 Å². The maximum atomic E-state index is 13.0. The summed E-state index contributed by atoms with van der Waals surface area (Å²) >= 11 is 1.27. The summed E-state index contributed by atoms with van der Waals surface area (Å²) in [6, 6.07) is 5.56. The van der Waals surface area contributed by atoms with Crippen LogP contribution in [0.25, 0.3) is 0 Å². The molecule has 0 unspecified atom stereocenters. The number of carbonyl (C=O) groups is 2. The highest BCUT2D eigenvalue weighted by Crippen LogP contribution is 2.22. The molecule has 8 heteroatoms. The van der Waals surface area contributed by atoms with E-state index >= 15 is 0 Å². The second-order valence-corrected chi connectivity index (χ2v) is 6.68. The minimum atomic E-state index is -0.423. The number of hydrogen-bond donors (Lipinski definition) is 2. The lowest BCUT2D eigenvalue weighted by molar-refractivity contribution is -0.115. The van der Waals surface area contributed by atoms with Gasteiger partial charge in [-0.15, -0.1) is 0 Å². The van der Waals surface area contributed by atoms with Gasteiger partial charge in [0.2, 0.25) is 0 Å². The van der Waals surface area contributed by atoms with Crippen molar-refractivity contribution in [2.24, 2.45) is 5.16 Å². The Hall–Kier alpha value is -3.00. The summed E-state index contributed by atoms with van der Waals surface area (Å²) < 4.78 is 13.0. The highest BCUT2D eigenvalue weighted by Gasteiger charge is 2.29. The molecule has 1 heterocycles. The first-order valence-electron chi connectivity index (χ1n) is 8.33. The van der Waals surface area contributed by atoms with E-state index in [4.69, 9.17) is 4.84 Å². The van der Waals surface area contributed by atoms with Crippen molar-refractivity contribution in [3.05, 3.63) is 64.6 Å². The highest BCUT2D eigenvalue weighted by molar-refractivity contribution is 7.08. The molecule has 0 spiro atoms. The maximum absolute atomic E-state index is 13.0. The maximum Gasteiger partial charge on any atom is 0.274 e. The lowest BCUT2D eigenvalue weighted by atomic mass is 10.1. The summed E-state index contributed by atoms with van der Waals surface area (Å²) in [6.07, 6.45) is 3.36. The molecule has 0 bridgehead atoms. The third kappa shape index (κ3) is 5.01. The number of hydrogen-bond acceptors (Lipinski definition) is 5. The van der Waals surface area contributed by atoms with E-state index in [0.29, 0.717) is 11.3 Å². The quantitative estimate of drug-likeness (QED) is 0.316. The Labute approximate surface area is 159 Å². The van der Waals surface area contributed by atoms with Crippen LogP contribution in [-0.2, 0) is 9.63 Å². The van der Waals surface area contributed by atoms with Crippen LogP contribution in [0.4, 0.5) is 10.1 Å². The molecule has 0 atom stereocenters. The van der Waals surface area contributed by atoms with Gasteiger partial charge in [-0.1, -0.05) is 17.8 Å². The van der Waals surface area contributed by atoms with Crippen molar-refractivity contribution in [2.75, 3.05) is 11.9 Å². The number of halogens is 1. The van der Waals surface area contributed by atoms with Gasteiger partial charge in [-0.3, -0.25) is 9.59 Å². The van der Waals surface area contributed by atoms with Crippen molar-refractivity contribution in [2.45, 2.75) is 18.9 Å². The predicted octanol–water partition coefficient (Wildman–Crippen LogP) is 3.32. The second kappa shape index (κ2) is 8.59. The van der Waals surface area contributed by atoms with Crippen LogP contribution in [0.3, 0.4) is 0 Å². The standard InChI is InChI=1S/C19H18FN3O3S/c1-2-9-26-23-17(19(25)22-14-7-8-14)15-10-27-11-16(15)18(24)21-13-5-3-12(20)4-6-13/h2-6,10-11,14H,1,7-9H2,(H,21,24)(H,22,25)/b23-17-. The Morgan fingerprint density at radius 1 is 1.26 bits per heavy atom. The molecule has 1 fully saturated rings. The molecule has 2 aromatic rings. The molecule has 140 valence electrons. The first-order chi connectivity index (χ1) is 13.1. The van der Waals surface area contributed by atoms with Gasteiger partial charge in [0.05, 0.1) is 5.56 Å². The van der Waals surface area contributed by atoms with E-state index in [1.165, 1.54) is 41.7 Å². The molecule has 2 amide bonds. The third-order valence-electron chi connectivity index (χ3n) is 3.74. The van der Waals surface area contributed by atoms with Gasteiger partial charge < -0.3 is 15.5 Å². The summed E-state index contributed by atoms with van der Waals surface area (Å²) in [6.45, 7) is 3.68. The Morgan fingerprint density at radius 2 is 1.96 bits per heavy atom. The van der Waals surface area contributed by atoms with Gasteiger partial charge in [-0.2, -0.15) is 11.3 Å². The largest absolute Gasteiger partial charge is 0.391 e. The van der Waals surface area contributed by atoms with E-state index in [-0.39, 0.29) is 23.9 Å². The monoisotopic (exact) mass is 387 g/mol. The van der Waals surface area contributed by atoms with Crippen LogP contribution in [0.15, 0.2) is 52.8 Å². The fourth-order valence-corrected chi connectivity index (χ4v) is 3.05. The number of amides is 2. The molecule has 1 aliphatic rings. The average molecular weight is 387 g/mol. The molecule has 0 radical (unpaired) electrons. The highest BCUT2D eigenvalue weighted by atomic mass is 32.1. The van der Waals surface area contributed by atoms with Gasteiger partial charge >= 0.3 is 0 Å². The van der Waals surface area contributed by atoms with Gasteiger partial charge in [0.15, 0.2) is 5.71 Å². The number of oxime groups is 1. The number of nitrogens with one attached hydrogen (secondary N) is 2. The Bertz CT molecular complexity index is 873. The lowest BCUT2D eigenvalue weighted by Crippen LogP contribution is -2.34. The first kappa shape index (κ1) is 18.8. The van der Waals surface area contributed by atoms with Crippen LogP contribution in [0.5, 0.6) is 0 Å². The van der Waals surface area contributed by atoms with Crippen molar-refractivity contribution in [1.82, 2.24) is 5.32 Å². The summed E-state index contributed by atoms with van der Waals surface area (Å²) in [4.78, 5) is 30.3. The molecule has 0 saturated heterocycles. The molecule has 27 heavy (non-hydrogen) atoms. The van der Waals surface area contributed by atoms with Crippen LogP contribution >= 0.6 is 11.3 Å². The zero-order chi connectivity index (χ0) is 19.2. The van der Waals surface area contributed by atoms with E-state index in [0.717, 1.165) is 12.8 Å². The summed E-state index contributed by atoms with van der Waals surface area (Å²) in [5.41, 5.74) is 1.15. The number of anilines is 1. The number of carbonyl (C=O) groups excluding carboxylic acids is 2. The molecule has 1 saturated carbocycles. The average Bonchev–Trinajstić information content (AvgIpc) is 3.33. The van der Waals surface area contributed by atoms with Crippen LogP contribution in [0, 0.1) is 5.82 Å². The Kier molecular flexibility index (Phi) is 5.97. The van der Waals surface area contributed by atoms with Crippen molar-refractivity contribution in [3.8, 4) is 0 Å². The van der Waals surface area contributed by atoms with Crippen LogP contribution in [0.1, 0.15) is 28.8 Å². The molecule has 2 N–H and O–H groups in total. The number of nitrogens with zero attached hydrogens (tertiary/aromatic N) is 1. The van der Waals surface area contributed by atoms with Gasteiger partial charge in [0.1, 0.15) is 12.4 Å². The van der Waals surface area contributed by atoms with E-state index in [2.05, 4.69) is 22.4 Å². The predicted molar refractivity (Wildman–Crippen MR) is 103 cm³/mol. The van der Waals surface area contributed by atoms with E-state index in [9.17, 15) is 14.0 Å². The molecule has 1 aliphatic carbocycles. The summed E-state index contributed by atoms with van der Waals surface area (Å²) in [7, 11) is 0. The molecular formula is C19H18FN3O3S.